The fourth-order valence-corrected chi connectivity index (χ4v) is 6.93. The van der Waals surface area contributed by atoms with Crippen LogP contribution in [-0.2, 0) is 14.8 Å². The van der Waals surface area contributed by atoms with Crippen molar-refractivity contribution >= 4 is 15.9 Å². The molecule has 1 aromatic heterocycles. The van der Waals surface area contributed by atoms with E-state index in [4.69, 9.17) is 9.26 Å². The van der Waals surface area contributed by atoms with E-state index in [1.807, 2.05) is 24.3 Å². The first-order valence-electron chi connectivity index (χ1n) is 11.9. The van der Waals surface area contributed by atoms with Gasteiger partial charge in [-0.2, -0.15) is 4.31 Å². The number of hydrogen-bond acceptors (Lipinski definition) is 7. The van der Waals surface area contributed by atoms with E-state index in [9.17, 15) is 13.2 Å². The Morgan fingerprint density at radius 1 is 1.21 bits per heavy atom. The van der Waals surface area contributed by atoms with Crippen LogP contribution < -0.4 is 10.1 Å². The summed E-state index contributed by atoms with van der Waals surface area (Å²) in [5, 5.41) is 6.91. The summed E-state index contributed by atoms with van der Waals surface area (Å²) in [6.07, 6.45) is 3.55. The topological polar surface area (TPSA) is 105 Å². The lowest BCUT2D eigenvalue weighted by atomic mass is 9.98. The van der Waals surface area contributed by atoms with Crippen molar-refractivity contribution in [3.05, 3.63) is 41.3 Å². The summed E-state index contributed by atoms with van der Waals surface area (Å²) in [4.78, 5) is 15.7. The number of nitrogens with one attached hydrogen (secondary N) is 1. The minimum absolute atomic E-state index is 0.00771. The van der Waals surface area contributed by atoms with Gasteiger partial charge in [0.25, 0.3) is 0 Å². The molecule has 9 nitrogen and oxygen atoms in total. The number of piperidine rings is 1. The van der Waals surface area contributed by atoms with Crippen LogP contribution >= 0.6 is 0 Å². The molecule has 0 aliphatic carbocycles. The molecule has 2 aromatic rings. The molecule has 1 amide bonds. The molecule has 2 aliphatic rings. The third-order valence-electron chi connectivity index (χ3n) is 6.87. The molecule has 0 bridgehead atoms. The number of para-hydroxylation sites is 1. The summed E-state index contributed by atoms with van der Waals surface area (Å²) in [6.45, 7) is 6.16. The molecule has 3 heterocycles. The molecule has 0 saturated carbocycles. The molecule has 2 fully saturated rings. The number of carbonyl (C=O) groups is 1. The third kappa shape index (κ3) is 4.99. The van der Waals surface area contributed by atoms with Crippen LogP contribution in [0.25, 0.3) is 0 Å². The number of benzene rings is 1. The van der Waals surface area contributed by atoms with Crippen molar-refractivity contribution in [1.29, 1.82) is 0 Å². The number of aromatic nitrogens is 1. The zero-order valence-corrected chi connectivity index (χ0v) is 20.9. The Balaban J connectivity index is 1.46. The van der Waals surface area contributed by atoms with Crippen LogP contribution in [0.5, 0.6) is 5.75 Å². The lowest BCUT2D eigenvalue weighted by molar-refractivity contribution is -0.126. The van der Waals surface area contributed by atoms with E-state index in [0.29, 0.717) is 31.6 Å². The number of amides is 1. The van der Waals surface area contributed by atoms with Crippen LogP contribution in [0.2, 0.25) is 0 Å². The predicted molar refractivity (Wildman–Crippen MR) is 127 cm³/mol. The number of ether oxygens (including phenoxy) is 1. The van der Waals surface area contributed by atoms with Gasteiger partial charge in [-0.1, -0.05) is 23.4 Å². The molecular weight excluding hydrogens is 456 g/mol. The monoisotopic (exact) mass is 490 g/mol. The Morgan fingerprint density at radius 2 is 1.94 bits per heavy atom. The largest absolute Gasteiger partial charge is 0.496 e. The normalized spacial score (nSPS) is 20.9. The Morgan fingerprint density at radius 3 is 2.62 bits per heavy atom. The molecule has 1 aromatic carbocycles. The first kappa shape index (κ1) is 24.7. The average molecular weight is 491 g/mol. The maximum absolute atomic E-state index is 13.2. The van der Waals surface area contributed by atoms with E-state index < -0.39 is 15.9 Å². The molecule has 186 valence electrons. The SMILES string of the molecule is COc1ccccc1C(CNC(=O)C1CCCN(S(=O)(=O)c2c(C)noc2C)C1)N1CCCC1. The lowest BCUT2D eigenvalue weighted by Gasteiger charge is -2.33. The highest BCUT2D eigenvalue weighted by atomic mass is 32.2. The molecule has 0 radical (unpaired) electrons. The second-order valence-corrected chi connectivity index (χ2v) is 11.0. The van der Waals surface area contributed by atoms with E-state index in [-0.39, 0.29) is 29.1 Å². The number of sulfonamides is 1. The van der Waals surface area contributed by atoms with Gasteiger partial charge in [-0.25, -0.2) is 8.42 Å². The van der Waals surface area contributed by atoms with Gasteiger partial charge < -0.3 is 14.6 Å². The number of likely N-dealkylation sites (tertiary alicyclic amines) is 1. The van der Waals surface area contributed by atoms with Crippen LogP contribution in [0.15, 0.2) is 33.7 Å². The molecule has 34 heavy (non-hydrogen) atoms. The number of rotatable bonds is 8. The van der Waals surface area contributed by atoms with E-state index in [1.54, 1.807) is 21.0 Å². The molecule has 2 atom stereocenters. The highest BCUT2D eigenvalue weighted by molar-refractivity contribution is 7.89. The molecule has 0 spiro atoms. The van der Waals surface area contributed by atoms with Gasteiger partial charge in [0.2, 0.25) is 15.9 Å². The molecule has 2 unspecified atom stereocenters. The molecule has 10 heteroatoms. The Kier molecular flexibility index (Phi) is 7.59. The molecule has 2 saturated heterocycles. The zero-order valence-electron chi connectivity index (χ0n) is 20.1. The number of methoxy groups -OCH3 is 1. The third-order valence-corrected chi connectivity index (χ3v) is 8.98. The van der Waals surface area contributed by atoms with Crippen molar-refractivity contribution < 1.29 is 22.5 Å². The van der Waals surface area contributed by atoms with Crippen molar-refractivity contribution in [3.8, 4) is 5.75 Å². The summed E-state index contributed by atoms with van der Waals surface area (Å²) >= 11 is 0. The van der Waals surface area contributed by atoms with Crippen molar-refractivity contribution in [1.82, 2.24) is 19.7 Å². The first-order chi connectivity index (χ1) is 16.3. The minimum atomic E-state index is -3.77. The number of aryl methyl sites for hydroxylation is 2. The summed E-state index contributed by atoms with van der Waals surface area (Å²) < 4.78 is 38.5. The quantitative estimate of drug-likeness (QED) is 0.606. The first-order valence-corrected chi connectivity index (χ1v) is 13.3. The van der Waals surface area contributed by atoms with E-state index >= 15 is 0 Å². The van der Waals surface area contributed by atoms with E-state index in [1.165, 1.54) is 4.31 Å². The Hall–Kier alpha value is -2.43. The van der Waals surface area contributed by atoms with Crippen molar-refractivity contribution in [2.24, 2.45) is 5.92 Å². The van der Waals surface area contributed by atoms with E-state index in [2.05, 4.69) is 15.4 Å². The summed E-state index contributed by atoms with van der Waals surface area (Å²) in [6, 6.07) is 7.93. The van der Waals surface area contributed by atoms with Crippen LogP contribution in [0, 0.1) is 19.8 Å². The van der Waals surface area contributed by atoms with Gasteiger partial charge in [0, 0.05) is 25.2 Å². The van der Waals surface area contributed by atoms with Gasteiger partial charge in [-0.05, 0) is 58.7 Å². The van der Waals surface area contributed by atoms with Crippen molar-refractivity contribution in [3.63, 3.8) is 0 Å². The van der Waals surface area contributed by atoms with Gasteiger partial charge >= 0.3 is 0 Å². The summed E-state index contributed by atoms with van der Waals surface area (Å²) in [7, 11) is -2.11. The van der Waals surface area contributed by atoms with E-state index in [0.717, 1.165) is 37.2 Å². The second-order valence-electron chi connectivity index (χ2n) is 9.10. The van der Waals surface area contributed by atoms with Crippen molar-refractivity contribution in [2.75, 3.05) is 39.8 Å². The van der Waals surface area contributed by atoms with Crippen LogP contribution in [0.1, 0.15) is 48.7 Å². The van der Waals surface area contributed by atoms with Crippen LogP contribution in [-0.4, -0.2) is 68.5 Å². The van der Waals surface area contributed by atoms with Gasteiger partial charge in [0.15, 0.2) is 5.76 Å². The van der Waals surface area contributed by atoms with Gasteiger partial charge in [0.05, 0.1) is 19.1 Å². The highest BCUT2D eigenvalue weighted by Crippen LogP contribution is 2.32. The fraction of sp³-hybridized carbons (Fsp3) is 0.583. The maximum atomic E-state index is 13.2. The maximum Gasteiger partial charge on any atom is 0.248 e. The van der Waals surface area contributed by atoms with Gasteiger partial charge in [-0.3, -0.25) is 9.69 Å². The minimum Gasteiger partial charge on any atom is -0.496 e. The van der Waals surface area contributed by atoms with Crippen LogP contribution in [0.3, 0.4) is 0 Å². The van der Waals surface area contributed by atoms with Crippen molar-refractivity contribution in [2.45, 2.75) is 50.5 Å². The van der Waals surface area contributed by atoms with Crippen LogP contribution in [0.4, 0.5) is 0 Å². The zero-order chi connectivity index (χ0) is 24.3. The van der Waals surface area contributed by atoms with Gasteiger partial charge in [-0.15, -0.1) is 0 Å². The average Bonchev–Trinajstić information content (AvgIpc) is 3.49. The Labute approximate surface area is 201 Å². The predicted octanol–water partition coefficient (Wildman–Crippen LogP) is 2.65. The number of nitrogens with zero attached hydrogens (tertiary/aromatic N) is 3. The lowest BCUT2D eigenvalue weighted by Crippen LogP contribution is -2.47. The Bertz CT molecular complexity index is 1090. The standard InChI is InChI=1S/C24H34N4O5S/c1-17-23(18(2)33-26-17)34(30,31)28-14-8-9-19(16-28)24(29)25-15-21(27-12-6-7-13-27)20-10-4-5-11-22(20)32-3/h4-5,10-11,19,21H,6-9,12-16H2,1-3H3,(H,25,29). The molecule has 1 N–H and O–H groups in total. The molecule has 4 rings (SSSR count). The number of carbonyl (C=O) groups excluding carboxylic acids is 1. The van der Waals surface area contributed by atoms with Gasteiger partial charge in [0.1, 0.15) is 16.3 Å². The summed E-state index contributed by atoms with van der Waals surface area (Å²) in [5.74, 6) is 0.566. The molecular formula is C24H34N4O5S. The molecule has 2 aliphatic heterocycles. The summed E-state index contributed by atoms with van der Waals surface area (Å²) in [5.41, 5.74) is 1.40. The fourth-order valence-electron chi connectivity index (χ4n) is 5.12. The number of hydrogen-bond donors (Lipinski definition) is 1. The smallest absolute Gasteiger partial charge is 0.248 e. The highest BCUT2D eigenvalue weighted by Gasteiger charge is 2.37. The second kappa shape index (κ2) is 10.5.